The molecule has 0 radical (unpaired) electrons. The van der Waals surface area contributed by atoms with E-state index in [9.17, 15) is 4.79 Å². The molecular weight excluding hydrogens is 336 g/mol. The van der Waals surface area contributed by atoms with Gasteiger partial charge in [0.2, 0.25) is 5.91 Å². The fraction of sp³-hybridized carbons (Fsp3) is 0.435. The van der Waals surface area contributed by atoms with Crippen molar-refractivity contribution >= 4 is 5.91 Å². The molecule has 1 atom stereocenters. The van der Waals surface area contributed by atoms with Crippen LogP contribution in [0.5, 0.6) is 5.75 Å². The number of hydrogen-bond acceptors (Lipinski definition) is 3. The average molecular weight is 367 g/mol. The third-order valence-corrected chi connectivity index (χ3v) is 5.10. The number of ether oxygens (including phenoxy) is 1. The highest BCUT2D eigenvalue weighted by atomic mass is 16.5. The first-order valence-corrected chi connectivity index (χ1v) is 10.0. The molecule has 0 unspecified atom stereocenters. The molecule has 2 aromatic rings. The SMILES string of the molecule is O=C1CC[C@@H](CCNCCOc2ccccc2)N1CCCc1ccccc1. The van der Waals surface area contributed by atoms with E-state index in [2.05, 4.69) is 34.5 Å². The minimum atomic E-state index is 0.320. The third-order valence-electron chi connectivity index (χ3n) is 5.10. The Balaban J connectivity index is 1.30. The van der Waals surface area contributed by atoms with Crippen LogP contribution < -0.4 is 10.1 Å². The summed E-state index contributed by atoms with van der Waals surface area (Å²) in [6.45, 7) is 3.28. The zero-order valence-electron chi connectivity index (χ0n) is 16.0. The normalized spacial score (nSPS) is 16.7. The molecule has 1 fully saturated rings. The summed E-state index contributed by atoms with van der Waals surface area (Å²) >= 11 is 0. The van der Waals surface area contributed by atoms with Gasteiger partial charge in [-0.2, -0.15) is 0 Å². The van der Waals surface area contributed by atoms with E-state index in [0.29, 0.717) is 25.0 Å². The third kappa shape index (κ3) is 6.40. The highest BCUT2D eigenvalue weighted by molar-refractivity contribution is 5.78. The minimum Gasteiger partial charge on any atom is -0.492 e. The van der Waals surface area contributed by atoms with Crippen molar-refractivity contribution < 1.29 is 9.53 Å². The molecule has 4 nitrogen and oxygen atoms in total. The van der Waals surface area contributed by atoms with Crippen LogP contribution in [0.1, 0.15) is 31.2 Å². The van der Waals surface area contributed by atoms with E-state index in [-0.39, 0.29) is 0 Å². The maximum absolute atomic E-state index is 12.2. The van der Waals surface area contributed by atoms with E-state index in [1.807, 2.05) is 36.4 Å². The Kier molecular flexibility index (Phi) is 7.72. The van der Waals surface area contributed by atoms with Crippen molar-refractivity contribution in [1.29, 1.82) is 0 Å². The number of rotatable bonds is 11. The van der Waals surface area contributed by atoms with Crippen LogP contribution in [-0.4, -0.2) is 43.1 Å². The van der Waals surface area contributed by atoms with E-state index < -0.39 is 0 Å². The second-order valence-corrected chi connectivity index (χ2v) is 7.07. The van der Waals surface area contributed by atoms with Gasteiger partial charge in [-0.25, -0.2) is 0 Å². The van der Waals surface area contributed by atoms with Gasteiger partial charge < -0.3 is 15.0 Å². The zero-order chi connectivity index (χ0) is 18.7. The Hall–Kier alpha value is -2.33. The van der Waals surface area contributed by atoms with Crippen molar-refractivity contribution in [3.63, 3.8) is 0 Å². The number of nitrogens with zero attached hydrogens (tertiary/aromatic N) is 1. The molecular formula is C23H30N2O2. The number of carbonyl (C=O) groups is 1. The highest BCUT2D eigenvalue weighted by Crippen LogP contribution is 2.21. The Bertz CT molecular complexity index is 675. The maximum Gasteiger partial charge on any atom is 0.222 e. The van der Waals surface area contributed by atoms with Crippen LogP contribution in [0.15, 0.2) is 60.7 Å². The molecule has 1 aliphatic heterocycles. The molecule has 0 bridgehead atoms. The van der Waals surface area contributed by atoms with Crippen molar-refractivity contribution in [1.82, 2.24) is 10.2 Å². The molecule has 1 N–H and O–H groups in total. The van der Waals surface area contributed by atoms with E-state index in [1.165, 1.54) is 5.56 Å². The van der Waals surface area contributed by atoms with E-state index >= 15 is 0 Å². The van der Waals surface area contributed by atoms with Gasteiger partial charge in [0.25, 0.3) is 0 Å². The largest absolute Gasteiger partial charge is 0.492 e. The van der Waals surface area contributed by atoms with Crippen molar-refractivity contribution in [3.8, 4) is 5.75 Å². The van der Waals surface area contributed by atoms with E-state index in [0.717, 1.165) is 51.1 Å². The monoisotopic (exact) mass is 366 g/mol. The topological polar surface area (TPSA) is 41.6 Å². The van der Waals surface area contributed by atoms with Crippen LogP contribution in [-0.2, 0) is 11.2 Å². The van der Waals surface area contributed by atoms with Gasteiger partial charge in [-0.15, -0.1) is 0 Å². The van der Waals surface area contributed by atoms with Crippen molar-refractivity contribution in [2.24, 2.45) is 0 Å². The minimum absolute atomic E-state index is 0.320. The lowest BCUT2D eigenvalue weighted by molar-refractivity contribution is -0.129. The van der Waals surface area contributed by atoms with Gasteiger partial charge in [0.15, 0.2) is 0 Å². The van der Waals surface area contributed by atoms with Gasteiger partial charge in [-0.3, -0.25) is 4.79 Å². The summed E-state index contributed by atoms with van der Waals surface area (Å²) in [6.07, 6.45) is 4.78. The number of hydrogen-bond donors (Lipinski definition) is 1. The summed E-state index contributed by atoms with van der Waals surface area (Å²) in [5.74, 6) is 1.23. The number of amides is 1. The summed E-state index contributed by atoms with van der Waals surface area (Å²) in [5, 5.41) is 3.44. The van der Waals surface area contributed by atoms with Gasteiger partial charge in [0, 0.05) is 25.6 Å². The lowest BCUT2D eigenvalue weighted by atomic mass is 10.1. The molecule has 1 heterocycles. The first-order valence-electron chi connectivity index (χ1n) is 10.0. The molecule has 0 saturated carbocycles. The van der Waals surface area contributed by atoms with Crippen LogP contribution in [0.25, 0.3) is 0 Å². The molecule has 0 aromatic heterocycles. The predicted molar refractivity (Wildman–Crippen MR) is 109 cm³/mol. The summed E-state index contributed by atoms with van der Waals surface area (Å²) < 4.78 is 5.68. The van der Waals surface area contributed by atoms with Gasteiger partial charge in [0.1, 0.15) is 12.4 Å². The lowest BCUT2D eigenvalue weighted by Gasteiger charge is -2.25. The number of aryl methyl sites for hydroxylation is 1. The van der Waals surface area contributed by atoms with Crippen molar-refractivity contribution in [2.45, 2.75) is 38.1 Å². The van der Waals surface area contributed by atoms with Gasteiger partial charge in [0.05, 0.1) is 0 Å². The fourth-order valence-electron chi connectivity index (χ4n) is 3.65. The molecule has 0 spiro atoms. The van der Waals surface area contributed by atoms with Gasteiger partial charge >= 0.3 is 0 Å². The smallest absolute Gasteiger partial charge is 0.222 e. The Morgan fingerprint density at radius 3 is 2.52 bits per heavy atom. The highest BCUT2D eigenvalue weighted by Gasteiger charge is 2.29. The van der Waals surface area contributed by atoms with Crippen LogP contribution >= 0.6 is 0 Å². The molecule has 1 saturated heterocycles. The number of likely N-dealkylation sites (tertiary alicyclic amines) is 1. The number of para-hydroxylation sites is 1. The van der Waals surface area contributed by atoms with Gasteiger partial charge in [-0.05, 0) is 49.9 Å². The average Bonchev–Trinajstić information content (AvgIpc) is 3.06. The molecule has 27 heavy (non-hydrogen) atoms. The summed E-state index contributed by atoms with van der Waals surface area (Å²) in [4.78, 5) is 14.3. The number of nitrogens with one attached hydrogen (secondary N) is 1. The molecule has 3 rings (SSSR count). The molecule has 1 amide bonds. The van der Waals surface area contributed by atoms with Crippen molar-refractivity contribution in [3.05, 3.63) is 66.2 Å². The Labute approximate surface area is 162 Å². The number of benzene rings is 2. The van der Waals surface area contributed by atoms with Gasteiger partial charge in [-0.1, -0.05) is 48.5 Å². The lowest BCUT2D eigenvalue weighted by Crippen LogP contribution is -2.36. The predicted octanol–water partition coefficient (Wildman–Crippen LogP) is 3.67. The van der Waals surface area contributed by atoms with Crippen LogP contribution in [0.4, 0.5) is 0 Å². The second kappa shape index (κ2) is 10.7. The summed E-state index contributed by atoms with van der Waals surface area (Å²) in [7, 11) is 0. The molecule has 144 valence electrons. The van der Waals surface area contributed by atoms with Crippen LogP contribution in [0, 0.1) is 0 Å². The standard InChI is InChI=1S/C23H30N2O2/c26-23-14-13-21(25(23)18-7-10-20-8-3-1-4-9-20)15-16-24-17-19-27-22-11-5-2-6-12-22/h1-6,8-9,11-12,21,24H,7,10,13-19H2/t21-/m0/s1. The quantitative estimate of drug-likeness (QED) is 0.617. The Morgan fingerprint density at radius 2 is 1.74 bits per heavy atom. The number of carbonyl (C=O) groups excluding carboxylic acids is 1. The van der Waals surface area contributed by atoms with E-state index in [1.54, 1.807) is 0 Å². The molecule has 0 aliphatic carbocycles. The second-order valence-electron chi connectivity index (χ2n) is 7.07. The van der Waals surface area contributed by atoms with Crippen molar-refractivity contribution in [2.75, 3.05) is 26.2 Å². The first-order chi connectivity index (χ1) is 13.3. The Morgan fingerprint density at radius 1 is 1.00 bits per heavy atom. The summed E-state index contributed by atoms with van der Waals surface area (Å²) in [5.41, 5.74) is 1.35. The van der Waals surface area contributed by atoms with Crippen LogP contribution in [0.2, 0.25) is 0 Å². The fourth-order valence-corrected chi connectivity index (χ4v) is 3.65. The molecule has 1 aliphatic rings. The first kappa shape index (κ1) is 19.4. The zero-order valence-corrected chi connectivity index (χ0v) is 16.0. The maximum atomic E-state index is 12.2. The van der Waals surface area contributed by atoms with E-state index in [4.69, 9.17) is 4.74 Å². The molecule has 2 aromatic carbocycles. The molecule has 4 heteroatoms. The summed E-state index contributed by atoms with van der Waals surface area (Å²) in [6, 6.07) is 20.8. The van der Waals surface area contributed by atoms with Crippen LogP contribution in [0.3, 0.4) is 0 Å².